The molecule has 37 heavy (non-hydrogen) atoms. The Labute approximate surface area is 222 Å². The van der Waals surface area contributed by atoms with E-state index in [1.54, 1.807) is 0 Å². The maximum absolute atomic E-state index is 10.9. The van der Waals surface area contributed by atoms with E-state index >= 15 is 0 Å². The first kappa shape index (κ1) is 29.0. The molecule has 3 rings (SSSR count). The lowest BCUT2D eigenvalue weighted by Crippen LogP contribution is -2.32. The number of carbonyl (C=O) groups is 1. The van der Waals surface area contributed by atoms with Crippen LogP contribution < -0.4 is 10.1 Å². The summed E-state index contributed by atoms with van der Waals surface area (Å²) in [4.78, 5) is 10.9. The smallest absolute Gasteiger partial charge is 0.317 e. The van der Waals surface area contributed by atoms with Crippen molar-refractivity contribution in [3.8, 4) is 5.75 Å². The van der Waals surface area contributed by atoms with Crippen molar-refractivity contribution in [1.29, 1.82) is 0 Å². The highest BCUT2D eigenvalue weighted by Crippen LogP contribution is 2.45. The number of ether oxygens (including phenoxy) is 2. The Kier molecular flexibility index (Phi) is 9.30. The molecule has 2 aliphatic rings. The molecule has 6 nitrogen and oxygen atoms in total. The molecule has 1 aliphatic heterocycles. The van der Waals surface area contributed by atoms with Gasteiger partial charge >= 0.3 is 5.97 Å². The summed E-state index contributed by atoms with van der Waals surface area (Å²) >= 11 is 0. The minimum atomic E-state index is -0.876. The molecule has 1 aliphatic carbocycles. The fraction of sp³-hybridized carbons (Fsp3) is 0.581. The van der Waals surface area contributed by atoms with E-state index in [0.29, 0.717) is 12.5 Å². The second kappa shape index (κ2) is 11.9. The van der Waals surface area contributed by atoms with Crippen LogP contribution in [0.15, 0.2) is 53.3 Å². The number of hydrogen-bond donors (Lipinski definition) is 3. The van der Waals surface area contributed by atoms with Crippen LogP contribution in [-0.4, -0.2) is 48.1 Å². The van der Waals surface area contributed by atoms with Crippen LogP contribution in [0.3, 0.4) is 0 Å². The minimum absolute atomic E-state index is 0.0106. The Hall–Kier alpha value is -2.57. The number of allylic oxidation sites excluding steroid dienone is 3. The van der Waals surface area contributed by atoms with E-state index in [4.69, 9.17) is 14.6 Å². The zero-order valence-electron chi connectivity index (χ0n) is 23.6. The molecule has 0 radical (unpaired) electrons. The summed E-state index contributed by atoms with van der Waals surface area (Å²) in [6.07, 6.45) is 9.02. The molecule has 204 valence electrons. The van der Waals surface area contributed by atoms with Gasteiger partial charge in [-0.15, -0.1) is 0 Å². The molecule has 0 bridgehead atoms. The first-order valence-corrected chi connectivity index (χ1v) is 13.5. The standard InChI is InChI=1S/C31H45NO5/c1-8-31(9-2,23-10-11-26(21(4)14-23)36-19-28(33)30(5,6)7)24-12-20(3)13-27-22(15-24)16-25(37-27)17-32-18-29(34)35/h10-12,14-16,20,27-28,32-33H,8-9,13,17-19H2,1-7H3,(H,34,35). The van der Waals surface area contributed by atoms with E-state index < -0.39 is 12.1 Å². The second-order valence-corrected chi connectivity index (χ2v) is 11.7. The molecule has 0 spiro atoms. The predicted octanol–water partition coefficient (Wildman–Crippen LogP) is 5.69. The molecule has 0 saturated carbocycles. The molecule has 6 heteroatoms. The van der Waals surface area contributed by atoms with Crippen molar-refractivity contribution >= 4 is 5.97 Å². The summed E-state index contributed by atoms with van der Waals surface area (Å²) in [6.45, 7) is 15.4. The van der Waals surface area contributed by atoms with Crippen LogP contribution in [0, 0.1) is 18.3 Å². The summed E-state index contributed by atoms with van der Waals surface area (Å²) in [5.74, 6) is 1.06. The average molecular weight is 512 g/mol. The predicted molar refractivity (Wildman–Crippen MR) is 148 cm³/mol. The van der Waals surface area contributed by atoms with Gasteiger partial charge in [0.2, 0.25) is 0 Å². The first-order chi connectivity index (χ1) is 17.4. The van der Waals surface area contributed by atoms with E-state index in [0.717, 1.165) is 41.9 Å². The third kappa shape index (κ3) is 6.85. The second-order valence-electron chi connectivity index (χ2n) is 11.7. The Morgan fingerprint density at radius 2 is 1.92 bits per heavy atom. The summed E-state index contributed by atoms with van der Waals surface area (Å²) in [5.41, 5.74) is 4.40. The van der Waals surface area contributed by atoms with Crippen LogP contribution in [-0.2, 0) is 14.9 Å². The van der Waals surface area contributed by atoms with Crippen molar-refractivity contribution < 1.29 is 24.5 Å². The van der Waals surface area contributed by atoms with Crippen LogP contribution >= 0.6 is 0 Å². The van der Waals surface area contributed by atoms with Crippen molar-refractivity contribution in [2.45, 2.75) is 85.4 Å². The number of aliphatic hydroxyl groups is 1. The van der Waals surface area contributed by atoms with Crippen molar-refractivity contribution in [2.75, 3.05) is 19.7 Å². The highest BCUT2D eigenvalue weighted by atomic mass is 16.5. The molecular weight excluding hydrogens is 466 g/mol. The molecule has 3 unspecified atom stereocenters. The van der Waals surface area contributed by atoms with Gasteiger partial charge in [0.15, 0.2) is 0 Å². The lowest BCUT2D eigenvalue weighted by atomic mass is 9.69. The summed E-state index contributed by atoms with van der Waals surface area (Å²) in [5, 5.41) is 22.2. The first-order valence-electron chi connectivity index (χ1n) is 13.5. The van der Waals surface area contributed by atoms with E-state index in [1.165, 1.54) is 11.1 Å². The van der Waals surface area contributed by atoms with Crippen molar-refractivity contribution in [2.24, 2.45) is 11.3 Å². The third-order valence-electron chi connectivity index (χ3n) is 7.82. The van der Waals surface area contributed by atoms with Gasteiger partial charge in [-0.1, -0.05) is 65.8 Å². The van der Waals surface area contributed by atoms with Gasteiger partial charge < -0.3 is 19.7 Å². The Morgan fingerprint density at radius 3 is 2.51 bits per heavy atom. The molecular formula is C31H45NO5. The van der Waals surface area contributed by atoms with E-state index in [9.17, 15) is 9.90 Å². The van der Waals surface area contributed by atoms with Gasteiger partial charge in [-0.25, -0.2) is 0 Å². The summed E-state index contributed by atoms with van der Waals surface area (Å²) in [6, 6.07) is 6.45. The summed E-state index contributed by atoms with van der Waals surface area (Å²) in [7, 11) is 0. The Morgan fingerprint density at radius 1 is 1.22 bits per heavy atom. The maximum Gasteiger partial charge on any atom is 0.317 e. The number of rotatable bonds is 11. The van der Waals surface area contributed by atoms with Crippen LogP contribution in [0.1, 0.15) is 71.9 Å². The lowest BCUT2D eigenvalue weighted by molar-refractivity contribution is -0.135. The maximum atomic E-state index is 10.9. The lowest BCUT2D eigenvalue weighted by Gasteiger charge is -2.35. The number of aryl methyl sites for hydroxylation is 1. The molecule has 0 amide bonds. The Bertz CT molecular complexity index is 1060. The van der Waals surface area contributed by atoms with Crippen LogP contribution in [0.4, 0.5) is 0 Å². The third-order valence-corrected chi connectivity index (χ3v) is 7.82. The quantitative estimate of drug-likeness (QED) is 0.354. The van der Waals surface area contributed by atoms with Crippen LogP contribution in [0.2, 0.25) is 0 Å². The van der Waals surface area contributed by atoms with Gasteiger partial charge in [-0.3, -0.25) is 10.1 Å². The number of benzene rings is 1. The highest BCUT2D eigenvalue weighted by molar-refractivity contribution is 5.69. The van der Waals surface area contributed by atoms with Crippen molar-refractivity contribution in [1.82, 2.24) is 5.32 Å². The largest absolute Gasteiger partial charge is 0.491 e. The van der Waals surface area contributed by atoms with E-state index in [-0.39, 0.29) is 30.1 Å². The van der Waals surface area contributed by atoms with Crippen LogP contribution in [0.5, 0.6) is 5.75 Å². The van der Waals surface area contributed by atoms with Gasteiger partial charge in [0.05, 0.1) is 19.2 Å². The van der Waals surface area contributed by atoms with Gasteiger partial charge in [0, 0.05) is 5.41 Å². The van der Waals surface area contributed by atoms with E-state index in [1.807, 2.05) is 26.8 Å². The Balaban J connectivity index is 1.89. The molecule has 3 atom stereocenters. The number of hydrogen-bond acceptors (Lipinski definition) is 5. The van der Waals surface area contributed by atoms with Gasteiger partial charge in [-0.2, -0.15) is 0 Å². The number of fused-ring (bicyclic) bond motifs is 1. The number of carboxylic acids is 1. The van der Waals surface area contributed by atoms with Crippen molar-refractivity contribution in [3.63, 3.8) is 0 Å². The average Bonchev–Trinajstić information content (AvgIpc) is 3.11. The topological polar surface area (TPSA) is 88.0 Å². The zero-order chi connectivity index (χ0) is 27.4. The molecule has 0 fully saturated rings. The number of aliphatic hydroxyl groups excluding tert-OH is 1. The molecule has 3 N–H and O–H groups in total. The SMILES string of the molecule is CCC(CC)(C1=CC(C)CC2OC(CNCC(=O)O)=CC2=C1)c1ccc(OCC(O)C(C)(C)C)c(C)c1. The van der Waals surface area contributed by atoms with Crippen molar-refractivity contribution in [3.05, 3.63) is 64.5 Å². The number of carboxylic acid groups (broad SMARTS) is 1. The normalized spacial score (nSPS) is 20.7. The minimum Gasteiger partial charge on any atom is -0.491 e. The fourth-order valence-corrected chi connectivity index (χ4v) is 5.27. The fourth-order valence-electron chi connectivity index (χ4n) is 5.27. The molecule has 1 heterocycles. The zero-order valence-corrected chi connectivity index (χ0v) is 23.6. The summed E-state index contributed by atoms with van der Waals surface area (Å²) < 4.78 is 12.2. The molecule has 1 aromatic rings. The monoisotopic (exact) mass is 511 g/mol. The number of nitrogens with one attached hydrogen (secondary N) is 1. The van der Waals surface area contributed by atoms with Gasteiger partial charge in [0.25, 0.3) is 0 Å². The molecule has 0 aromatic heterocycles. The van der Waals surface area contributed by atoms with E-state index in [2.05, 4.69) is 63.4 Å². The molecule has 0 saturated heterocycles. The van der Waals surface area contributed by atoms with Crippen LogP contribution in [0.25, 0.3) is 0 Å². The number of aliphatic carboxylic acids is 1. The van der Waals surface area contributed by atoms with Gasteiger partial charge in [-0.05, 0) is 71.9 Å². The highest BCUT2D eigenvalue weighted by Gasteiger charge is 2.36. The van der Waals surface area contributed by atoms with Gasteiger partial charge in [0.1, 0.15) is 24.2 Å². The molecule has 1 aromatic carbocycles.